The highest BCUT2D eigenvalue weighted by Crippen LogP contribution is 2.41. The van der Waals surface area contributed by atoms with Crippen LogP contribution in [0.1, 0.15) is 37.3 Å². The lowest BCUT2D eigenvalue weighted by atomic mass is 9.88. The molecule has 2 saturated heterocycles. The summed E-state index contributed by atoms with van der Waals surface area (Å²) in [6.45, 7) is 0. The van der Waals surface area contributed by atoms with Crippen LogP contribution < -0.4 is 0 Å². The lowest BCUT2D eigenvalue weighted by Crippen LogP contribution is -2.39. The first-order chi connectivity index (χ1) is 10.3. The normalized spacial score (nSPS) is 28.7. The molecule has 21 heavy (non-hydrogen) atoms. The molecule has 0 aliphatic carbocycles. The first-order valence-corrected chi connectivity index (χ1v) is 7.91. The first-order valence-electron chi connectivity index (χ1n) is 7.91. The van der Waals surface area contributed by atoms with Gasteiger partial charge in [0.2, 0.25) is 0 Å². The second kappa shape index (κ2) is 5.23. The predicted molar refractivity (Wildman–Crippen MR) is 84.0 cm³/mol. The molecule has 108 valence electrons. The number of piperidine rings is 1. The summed E-state index contributed by atoms with van der Waals surface area (Å²) in [6, 6.07) is 13.9. The summed E-state index contributed by atoms with van der Waals surface area (Å²) in [5.74, 6) is 1.46. The van der Waals surface area contributed by atoms with Gasteiger partial charge in [-0.3, -0.25) is 0 Å². The van der Waals surface area contributed by atoms with Crippen LogP contribution in [0.2, 0.25) is 0 Å². The Labute approximate surface area is 126 Å². The fraction of sp³-hybridized carbons (Fsp3) is 0.444. The van der Waals surface area contributed by atoms with Crippen LogP contribution in [0.25, 0.3) is 11.4 Å². The molecule has 1 aromatic heterocycles. The van der Waals surface area contributed by atoms with Crippen LogP contribution in [0.4, 0.5) is 0 Å². The Morgan fingerprint density at radius 1 is 1.00 bits per heavy atom. The number of aromatic nitrogens is 2. The summed E-state index contributed by atoms with van der Waals surface area (Å²) >= 11 is 0. The van der Waals surface area contributed by atoms with Crippen molar-refractivity contribution in [1.29, 1.82) is 0 Å². The SMILES string of the molecule is CN1C2CCC1CC(c1ccnc(-c3ccccc3)n1)C2. The van der Waals surface area contributed by atoms with Crippen molar-refractivity contribution < 1.29 is 0 Å². The van der Waals surface area contributed by atoms with Crippen LogP contribution in [0.5, 0.6) is 0 Å². The molecule has 0 spiro atoms. The van der Waals surface area contributed by atoms with E-state index >= 15 is 0 Å². The molecule has 0 radical (unpaired) electrons. The molecule has 2 unspecified atom stereocenters. The van der Waals surface area contributed by atoms with E-state index in [0.717, 1.165) is 23.5 Å². The number of hydrogen-bond donors (Lipinski definition) is 0. The molecule has 2 bridgehead atoms. The number of benzene rings is 1. The van der Waals surface area contributed by atoms with Crippen molar-refractivity contribution in [2.24, 2.45) is 0 Å². The van der Waals surface area contributed by atoms with Gasteiger partial charge >= 0.3 is 0 Å². The van der Waals surface area contributed by atoms with Gasteiger partial charge in [0.15, 0.2) is 5.82 Å². The van der Waals surface area contributed by atoms with Crippen LogP contribution in [-0.2, 0) is 0 Å². The predicted octanol–water partition coefficient (Wildman–Crippen LogP) is 3.48. The summed E-state index contributed by atoms with van der Waals surface area (Å²) in [4.78, 5) is 11.9. The zero-order chi connectivity index (χ0) is 14.2. The molecule has 0 N–H and O–H groups in total. The van der Waals surface area contributed by atoms with E-state index in [4.69, 9.17) is 4.98 Å². The Bertz CT molecular complexity index is 611. The third-order valence-corrected chi connectivity index (χ3v) is 5.23. The maximum absolute atomic E-state index is 4.86. The van der Waals surface area contributed by atoms with E-state index in [1.165, 1.54) is 31.4 Å². The number of rotatable bonds is 2. The topological polar surface area (TPSA) is 29.0 Å². The van der Waals surface area contributed by atoms with Crippen LogP contribution >= 0.6 is 0 Å². The van der Waals surface area contributed by atoms with Gasteiger partial charge < -0.3 is 4.90 Å². The Morgan fingerprint density at radius 3 is 2.43 bits per heavy atom. The van der Waals surface area contributed by atoms with E-state index < -0.39 is 0 Å². The van der Waals surface area contributed by atoms with Gasteiger partial charge in [0, 0.05) is 35.5 Å². The van der Waals surface area contributed by atoms with E-state index in [1.54, 1.807) is 0 Å². The maximum Gasteiger partial charge on any atom is 0.159 e. The lowest BCUT2D eigenvalue weighted by Gasteiger charge is -2.36. The summed E-state index contributed by atoms with van der Waals surface area (Å²) in [5, 5.41) is 0. The third-order valence-electron chi connectivity index (χ3n) is 5.23. The first kappa shape index (κ1) is 13.0. The van der Waals surface area contributed by atoms with Crippen molar-refractivity contribution in [1.82, 2.24) is 14.9 Å². The van der Waals surface area contributed by atoms with E-state index in [-0.39, 0.29) is 0 Å². The zero-order valence-electron chi connectivity index (χ0n) is 12.4. The summed E-state index contributed by atoms with van der Waals surface area (Å²) < 4.78 is 0. The van der Waals surface area contributed by atoms with Gasteiger partial charge in [-0.05, 0) is 38.8 Å². The minimum Gasteiger partial charge on any atom is -0.300 e. The minimum absolute atomic E-state index is 0.601. The molecule has 0 amide bonds. The molecule has 1 aromatic carbocycles. The van der Waals surface area contributed by atoms with Crippen LogP contribution in [0.3, 0.4) is 0 Å². The van der Waals surface area contributed by atoms with Gasteiger partial charge in [0.05, 0.1) is 0 Å². The average Bonchev–Trinajstić information content (AvgIpc) is 2.77. The van der Waals surface area contributed by atoms with Crippen LogP contribution in [0.15, 0.2) is 42.6 Å². The zero-order valence-corrected chi connectivity index (χ0v) is 12.4. The van der Waals surface area contributed by atoms with Gasteiger partial charge in [-0.2, -0.15) is 0 Å². The van der Waals surface area contributed by atoms with Crippen molar-refractivity contribution in [3.8, 4) is 11.4 Å². The molecule has 0 saturated carbocycles. The van der Waals surface area contributed by atoms with Gasteiger partial charge in [-0.25, -0.2) is 9.97 Å². The third kappa shape index (κ3) is 2.36. The second-order valence-electron chi connectivity index (χ2n) is 6.39. The summed E-state index contributed by atoms with van der Waals surface area (Å²) in [6.07, 6.45) is 7.13. The highest BCUT2D eigenvalue weighted by molar-refractivity contribution is 5.54. The van der Waals surface area contributed by atoms with E-state index in [1.807, 2.05) is 24.4 Å². The molecule has 3 heterocycles. The minimum atomic E-state index is 0.601. The quantitative estimate of drug-likeness (QED) is 0.842. The largest absolute Gasteiger partial charge is 0.300 e. The molecule has 3 heteroatoms. The van der Waals surface area contributed by atoms with Gasteiger partial charge in [-0.15, -0.1) is 0 Å². The molecule has 2 fully saturated rings. The van der Waals surface area contributed by atoms with E-state index in [2.05, 4.69) is 35.1 Å². The van der Waals surface area contributed by atoms with E-state index in [0.29, 0.717) is 5.92 Å². The molecule has 2 aliphatic heterocycles. The Balaban J connectivity index is 1.62. The molecule has 2 aromatic rings. The van der Waals surface area contributed by atoms with Crippen molar-refractivity contribution in [2.45, 2.75) is 43.7 Å². The number of hydrogen-bond acceptors (Lipinski definition) is 3. The van der Waals surface area contributed by atoms with E-state index in [9.17, 15) is 0 Å². The Hall–Kier alpha value is -1.74. The van der Waals surface area contributed by atoms with Gasteiger partial charge in [0.25, 0.3) is 0 Å². The fourth-order valence-corrected chi connectivity index (χ4v) is 3.98. The Kier molecular flexibility index (Phi) is 3.23. The van der Waals surface area contributed by atoms with Crippen LogP contribution in [0, 0.1) is 0 Å². The lowest BCUT2D eigenvalue weighted by molar-refractivity contribution is 0.160. The fourth-order valence-electron chi connectivity index (χ4n) is 3.98. The average molecular weight is 279 g/mol. The smallest absolute Gasteiger partial charge is 0.159 e. The molecule has 2 atom stereocenters. The molecule has 4 rings (SSSR count). The second-order valence-corrected chi connectivity index (χ2v) is 6.39. The standard InChI is InChI=1S/C18H21N3/c1-21-15-7-8-16(21)12-14(11-15)17-9-10-19-18(20-17)13-5-3-2-4-6-13/h2-6,9-10,14-16H,7-8,11-12H2,1H3. The molecular weight excluding hydrogens is 258 g/mol. The maximum atomic E-state index is 4.86. The Morgan fingerprint density at radius 2 is 1.71 bits per heavy atom. The van der Waals surface area contributed by atoms with Crippen molar-refractivity contribution in [3.63, 3.8) is 0 Å². The molecule has 2 aliphatic rings. The summed E-state index contributed by atoms with van der Waals surface area (Å²) in [5.41, 5.74) is 2.34. The van der Waals surface area contributed by atoms with Crippen LogP contribution in [-0.4, -0.2) is 34.0 Å². The van der Waals surface area contributed by atoms with Crippen molar-refractivity contribution >= 4 is 0 Å². The van der Waals surface area contributed by atoms with Crippen molar-refractivity contribution in [2.75, 3.05) is 7.05 Å². The molecular formula is C18H21N3. The highest BCUT2D eigenvalue weighted by Gasteiger charge is 2.39. The number of fused-ring (bicyclic) bond motifs is 2. The monoisotopic (exact) mass is 279 g/mol. The molecule has 3 nitrogen and oxygen atoms in total. The van der Waals surface area contributed by atoms with Gasteiger partial charge in [0.1, 0.15) is 0 Å². The number of nitrogens with zero attached hydrogens (tertiary/aromatic N) is 3. The highest BCUT2D eigenvalue weighted by atomic mass is 15.2. The van der Waals surface area contributed by atoms with Gasteiger partial charge in [-0.1, -0.05) is 30.3 Å². The van der Waals surface area contributed by atoms with Crippen molar-refractivity contribution in [3.05, 3.63) is 48.3 Å². The summed E-state index contributed by atoms with van der Waals surface area (Å²) in [7, 11) is 2.29.